The first kappa shape index (κ1) is 20.6. The molecule has 7 nitrogen and oxygen atoms in total. The van der Waals surface area contributed by atoms with Crippen LogP contribution in [-0.4, -0.2) is 78.8 Å². The molecule has 2 amide bonds. The van der Waals surface area contributed by atoms with Crippen LogP contribution in [0.3, 0.4) is 0 Å². The van der Waals surface area contributed by atoms with Gasteiger partial charge in [-0.3, -0.25) is 9.59 Å². The van der Waals surface area contributed by atoms with Crippen molar-refractivity contribution < 1.29 is 24.2 Å². The highest BCUT2D eigenvalue weighted by Crippen LogP contribution is 2.23. The lowest BCUT2D eigenvalue weighted by molar-refractivity contribution is -0.133. The van der Waals surface area contributed by atoms with Gasteiger partial charge in [0.15, 0.2) is 0 Å². The number of amides is 2. The number of aliphatic hydroxyl groups excluding tert-OH is 1. The minimum Gasteiger partial charge on any atom is -0.490 e. The molecule has 2 aliphatic heterocycles. The first-order valence-corrected chi connectivity index (χ1v) is 10.1. The van der Waals surface area contributed by atoms with Gasteiger partial charge in [0.05, 0.1) is 25.7 Å². The van der Waals surface area contributed by atoms with E-state index in [1.165, 1.54) is 0 Å². The first-order chi connectivity index (χ1) is 13.6. The molecule has 7 heteroatoms. The Morgan fingerprint density at radius 1 is 1.11 bits per heavy atom. The largest absolute Gasteiger partial charge is 0.490 e. The molecule has 0 bridgehead atoms. The molecule has 1 aromatic rings. The molecule has 2 heterocycles. The van der Waals surface area contributed by atoms with Crippen molar-refractivity contribution in [2.45, 2.75) is 44.2 Å². The lowest BCUT2D eigenvalue weighted by Crippen LogP contribution is -2.42. The lowest BCUT2D eigenvalue weighted by atomic mass is 10.1. The fourth-order valence-corrected chi connectivity index (χ4v) is 3.90. The normalized spacial score (nSPS) is 20.4. The molecule has 3 rings (SSSR count). The average molecular weight is 390 g/mol. The van der Waals surface area contributed by atoms with Gasteiger partial charge < -0.3 is 24.4 Å². The van der Waals surface area contributed by atoms with Gasteiger partial charge in [-0.2, -0.15) is 0 Å². The van der Waals surface area contributed by atoms with Crippen molar-refractivity contribution in [2.75, 3.05) is 40.0 Å². The summed E-state index contributed by atoms with van der Waals surface area (Å²) in [6.45, 7) is 2.56. The van der Waals surface area contributed by atoms with Crippen LogP contribution >= 0.6 is 0 Å². The maximum absolute atomic E-state index is 12.6. The zero-order chi connectivity index (χ0) is 19.9. The first-order valence-electron chi connectivity index (χ1n) is 10.1. The Bertz CT molecular complexity index is 655. The second-order valence-corrected chi connectivity index (χ2v) is 7.44. The third-order valence-electron chi connectivity index (χ3n) is 5.57. The molecular weight excluding hydrogens is 360 g/mol. The molecule has 1 atom stereocenters. The zero-order valence-electron chi connectivity index (χ0n) is 16.5. The van der Waals surface area contributed by atoms with Gasteiger partial charge in [0.2, 0.25) is 5.91 Å². The van der Waals surface area contributed by atoms with Gasteiger partial charge in [-0.25, -0.2) is 0 Å². The van der Waals surface area contributed by atoms with Crippen molar-refractivity contribution in [3.63, 3.8) is 0 Å². The summed E-state index contributed by atoms with van der Waals surface area (Å²) in [5.41, 5.74) is 0.617. The number of carbonyl (C=O) groups excluding carboxylic acids is 2. The van der Waals surface area contributed by atoms with E-state index in [4.69, 9.17) is 9.47 Å². The Kier molecular flexibility index (Phi) is 7.28. The predicted octanol–water partition coefficient (Wildman–Crippen LogP) is 1.69. The Morgan fingerprint density at radius 3 is 2.46 bits per heavy atom. The minimum absolute atomic E-state index is 0.0135. The maximum Gasteiger partial charge on any atom is 0.254 e. The lowest BCUT2D eigenvalue weighted by Gasteiger charge is -2.32. The predicted molar refractivity (Wildman–Crippen MR) is 104 cm³/mol. The fraction of sp³-hybridized carbons (Fsp3) is 0.619. The van der Waals surface area contributed by atoms with E-state index in [2.05, 4.69) is 0 Å². The number of methoxy groups -OCH3 is 1. The summed E-state index contributed by atoms with van der Waals surface area (Å²) in [7, 11) is 1.60. The summed E-state index contributed by atoms with van der Waals surface area (Å²) in [5.74, 6) is 0.832. The molecule has 0 radical (unpaired) electrons. The van der Waals surface area contributed by atoms with Crippen molar-refractivity contribution in [1.82, 2.24) is 9.80 Å². The summed E-state index contributed by atoms with van der Waals surface area (Å²) in [6.07, 6.45) is 3.88. The van der Waals surface area contributed by atoms with Crippen LogP contribution in [0.15, 0.2) is 24.3 Å². The number of likely N-dealkylation sites (tertiary alicyclic amines) is 2. The highest BCUT2D eigenvalue weighted by Gasteiger charge is 2.29. The van der Waals surface area contributed by atoms with Gasteiger partial charge in [0.1, 0.15) is 11.9 Å². The molecule has 28 heavy (non-hydrogen) atoms. The van der Waals surface area contributed by atoms with E-state index in [0.717, 1.165) is 31.4 Å². The number of benzene rings is 1. The monoisotopic (exact) mass is 390 g/mol. The van der Waals surface area contributed by atoms with Gasteiger partial charge in [-0.15, -0.1) is 0 Å². The fourth-order valence-electron chi connectivity index (χ4n) is 3.90. The molecule has 0 aliphatic carbocycles. The van der Waals surface area contributed by atoms with Crippen molar-refractivity contribution >= 4 is 11.8 Å². The standard InChI is InChI=1S/C21H30N2O5/c1-27-14-10-20(25)22-12-8-19(9-13-22)28-18-6-4-16(5-7-18)21(26)23-11-2-3-17(23)15-24/h4-7,17,19,24H,2-3,8-15H2,1H3/t17-/m0/s1. The molecule has 2 aliphatic rings. The number of hydrogen-bond acceptors (Lipinski definition) is 5. The number of rotatable bonds is 7. The second kappa shape index (κ2) is 9.89. The molecular formula is C21H30N2O5. The molecule has 0 aromatic heterocycles. The van der Waals surface area contributed by atoms with Crippen LogP contribution in [0.5, 0.6) is 5.75 Å². The summed E-state index contributed by atoms with van der Waals surface area (Å²) in [4.78, 5) is 28.3. The number of carbonyl (C=O) groups is 2. The highest BCUT2D eigenvalue weighted by molar-refractivity contribution is 5.94. The molecule has 1 aromatic carbocycles. The third-order valence-corrected chi connectivity index (χ3v) is 5.57. The van der Waals surface area contributed by atoms with E-state index in [1.807, 2.05) is 17.0 Å². The third kappa shape index (κ3) is 5.02. The van der Waals surface area contributed by atoms with Crippen LogP contribution in [-0.2, 0) is 9.53 Å². The summed E-state index contributed by atoms with van der Waals surface area (Å²) >= 11 is 0. The van der Waals surface area contributed by atoms with Crippen LogP contribution in [0, 0.1) is 0 Å². The van der Waals surface area contributed by atoms with Crippen molar-refractivity contribution in [3.05, 3.63) is 29.8 Å². The highest BCUT2D eigenvalue weighted by atomic mass is 16.5. The molecule has 2 fully saturated rings. The zero-order valence-corrected chi connectivity index (χ0v) is 16.5. The SMILES string of the molecule is COCCC(=O)N1CCC(Oc2ccc(C(=O)N3CCC[C@H]3CO)cc2)CC1. The van der Waals surface area contributed by atoms with E-state index < -0.39 is 0 Å². The summed E-state index contributed by atoms with van der Waals surface area (Å²) in [5, 5.41) is 9.41. The molecule has 0 unspecified atom stereocenters. The van der Waals surface area contributed by atoms with Gasteiger partial charge in [0.25, 0.3) is 5.91 Å². The van der Waals surface area contributed by atoms with E-state index >= 15 is 0 Å². The van der Waals surface area contributed by atoms with Gasteiger partial charge in [0, 0.05) is 45.1 Å². The van der Waals surface area contributed by atoms with E-state index in [1.54, 1.807) is 24.1 Å². The average Bonchev–Trinajstić information content (AvgIpc) is 3.21. The molecule has 0 spiro atoms. The number of ether oxygens (including phenoxy) is 2. The van der Waals surface area contributed by atoms with Gasteiger partial charge >= 0.3 is 0 Å². The quantitative estimate of drug-likeness (QED) is 0.766. The Labute approximate surface area is 166 Å². The summed E-state index contributed by atoms with van der Waals surface area (Å²) in [6, 6.07) is 7.16. The number of hydrogen-bond donors (Lipinski definition) is 1. The topological polar surface area (TPSA) is 79.3 Å². The van der Waals surface area contributed by atoms with E-state index in [-0.39, 0.29) is 30.6 Å². The Balaban J connectivity index is 1.49. The molecule has 1 N–H and O–H groups in total. The summed E-state index contributed by atoms with van der Waals surface area (Å²) < 4.78 is 11.0. The molecule has 2 saturated heterocycles. The Morgan fingerprint density at radius 2 is 1.82 bits per heavy atom. The number of aliphatic hydroxyl groups is 1. The second-order valence-electron chi connectivity index (χ2n) is 7.44. The number of piperidine rings is 1. The maximum atomic E-state index is 12.6. The van der Waals surface area contributed by atoms with Crippen LogP contribution in [0.25, 0.3) is 0 Å². The molecule has 0 saturated carbocycles. The minimum atomic E-state index is -0.0692. The van der Waals surface area contributed by atoms with Crippen LogP contribution < -0.4 is 4.74 Å². The Hall–Kier alpha value is -2.12. The van der Waals surface area contributed by atoms with Gasteiger partial charge in [-0.1, -0.05) is 0 Å². The number of nitrogens with zero attached hydrogens (tertiary/aromatic N) is 2. The van der Waals surface area contributed by atoms with Crippen molar-refractivity contribution in [1.29, 1.82) is 0 Å². The van der Waals surface area contributed by atoms with E-state index in [0.29, 0.717) is 38.2 Å². The van der Waals surface area contributed by atoms with Crippen molar-refractivity contribution in [3.8, 4) is 5.75 Å². The van der Waals surface area contributed by atoms with E-state index in [9.17, 15) is 14.7 Å². The van der Waals surface area contributed by atoms with Crippen molar-refractivity contribution in [2.24, 2.45) is 0 Å². The van der Waals surface area contributed by atoms with Crippen LogP contribution in [0.4, 0.5) is 0 Å². The van der Waals surface area contributed by atoms with Gasteiger partial charge in [-0.05, 0) is 37.1 Å². The molecule has 154 valence electrons. The van der Waals surface area contributed by atoms with Crippen LogP contribution in [0.1, 0.15) is 42.5 Å². The van der Waals surface area contributed by atoms with Crippen LogP contribution in [0.2, 0.25) is 0 Å². The smallest absolute Gasteiger partial charge is 0.254 e.